The smallest absolute Gasteiger partial charge is 0.133 e. The van der Waals surface area contributed by atoms with Crippen LogP contribution in [0.2, 0.25) is 0 Å². The van der Waals surface area contributed by atoms with Crippen molar-refractivity contribution in [2.24, 2.45) is 0 Å². The zero-order chi connectivity index (χ0) is 15.6. The minimum absolute atomic E-state index is 0.0231. The fourth-order valence-electron chi connectivity index (χ4n) is 2.09. The molecule has 0 fully saturated rings. The molecule has 3 heteroatoms. The van der Waals surface area contributed by atoms with E-state index in [2.05, 4.69) is 20.8 Å². The summed E-state index contributed by atoms with van der Waals surface area (Å²) in [6.45, 7) is 7.98. The molecule has 0 saturated carbocycles. The zero-order valence-electron chi connectivity index (χ0n) is 12.9. The Kier molecular flexibility index (Phi) is 4.33. The summed E-state index contributed by atoms with van der Waals surface area (Å²) in [5, 5.41) is 9.74. The van der Waals surface area contributed by atoms with Crippen molar-refractivity contribution in [2.45, 2.75) is 39.2 Å². The van der Waals surface area contributed by atoms with Gasteiger partial charge in [-0.15, -0.1) is 0 Å². The fourth-order valence-corrected chi connectivity index (χ4v) is 2.09. The number of ether oxygens (including phenoxy) is 1. The zero-order valence-corrected chi connectivity index (χ0v) is 12.9. The van der Waals surface area contributed by atoms with Gasteiger partial charge in [0.1, 0.15) is 17.3 Å². The van der Waals surface area contributed by atoms with Crippen LogP contribution in [0.4, 0.5) is 4.39 Å². The third-order valence-electron chi connectivity index (χ3n) is 3.35. The van der Waals surface area contributed by atoms with Crippen LogP contribution < -0.4 is 4.74 Å². The number of aliphatic hydroxyl groups is 1. The summed E-state index contributed by atoms with van der Waals surface area (Å²) in [5.41, 5.74) is 1.62. The molecule has 0 unspecified atom stereocenters. The van der Waals surface area contributed by atoms with Crippen molar-refractivity contribution >= 4 is 0 Å². The predicted octanol–water partition coefficient (Wildman–Crippen LogP) is 4.97. The third kappa shape index (κ3) is 3.82. The van der Waals surface area contributed by atoms with E-state index < -0.39 is 6.10 Å². The molecule has 21 heavy (non-hydrogen) atoms. The normalized spacial score (nSPS) is 13.0. The van der Waals surface area contributed by atoms with Gasteiger partial charge in [-0.25, -0.2) is 4.39 Å². The Bertz CT molecular complexity index is 627. The number of benzene rings is 2. The van der Waals surface area contributed by atoms with Crippen LogP contribution in [0.1, 0.15) is 44.9 Å². The molecule has 0 aliphatic rings. The van der Waals surface area contributed by atoms with Crippen molar-refractivity contribution in [3.8, 4) is 11.5 Å². The Morgan fingerprint density at radius 2 is 1.81 bits per heavy atom. The minimum Gasteiger partial charge on any atom is -0.457 e. The molecule has 2 aromatic rings. The molecular weight excluding hydrogens is 267 g/mol. The molecule has 0 spiro atoms. The Morgan fingerprint density at radius 1 is 1.10 bits per heavy atom. The van der Waals surface area contributed by atoms with Crippen LogP contribution in [-0.2, 0) is 5.41 Å². The monoisotopic (exact) mass is 288 g/mol. The highest BCUT2D eigenvalue weighted by Crippen LogP contribution is 2.32. The maximum atomic E-state index is 13.3. The van der Waals surface area contributed by atoms with Crippen LogP contribution in [-0.4, -0.2) is 5.11 Å². The van der Waals surface area contributed by atoms with Gasteiger partial charge in [-0.3, -0.25) is 0 Å². The van der Waals surface area contributed by atoms with Gasteiger partial charge in [0.15, 0.2) is 0 Å². The van der Waals surface area contributed by atoms with Gasteiger partial charge >= 0.3 is 0 Å². The highest BCUT2D eigenvalue weighted by molar-refractivity contribution is 5.41. The Labute approximate surface area is 125 Å². The molecule has 1 N–H and O–H groups in total. The molecule has 0 bridgehead atoms. The lowest BCUT2D eigenvalue weighted by atomic mass is 9.87. The van der Waals surface area contributed by atoms with Gasteiger partial charge in [-0.2, -0.15) is 0 Å². The molecule has 2 rings (SSSR count). The summed E-state index contributed by atoms with van der Waals surface area (Å²) < 4.78 is 19.1. The molecule has 0 saturated heterocycles. The molecule has 112 valence electrons. The van der Waals surface area contributed by atoms with Gasteiger partial charge in [0.05, 0.1) is 6.10 Å². The van der Waals surface area contributed by atoms with Crippen LogP contribution >= 0.6 is 0 Å². The Balaban J connectivity index is 2.35. The Morgan fingerprint density at radius 3 is 2.43 bits per heavy atom. The molecule has 0 amide bonds. The van der Waals surface area contributed by atoms with E-state index in [1.807, 2.05) is 24.3 Å². The van der Waals surface area contributed by atoms with Crippen LogP contribution in [0.15, 0.2) is 42.5 Å². The quantitative estimate of drug-likeness (QED) is 0.864. The van der Waals surface area contributed by atoms with Crippen LogP contribution in [0.25, 0.3) is 0 Å². The van der Waals surface area contributed by atoms with Gasteiger partial charge in [0.2, 0.25) is 0 Å². The van der Waals surface area contributed by atoms with Gasteiger partial charge in [0, 0.05) is 5.56 Å². The van der Waals surface area contributed by atoms with E-state index in [1.165, 1.54) is 12.1 Å². The lowest BCUT2D eigenvalue weighted by Crippen LogP contribution is -2.10. The molecule has 1 atom stereocenters. The van der Waals surface area contributed by atoms with Gasteiger partial charge < -0.3 is 9.84 Å². The van der Waals surface area contributed by atoms with Crippen molar-refractivity contribution in [1.82, 2.24) is 0 Å². The number of rotatable bonds is 3. The second-order valence-corrected chi connectivity index (χ2v) is 6.24. The first kappa shape index (κ1) is 15.5. The minimum atomic E-state index is -0.790. The maximum absolute atomic E-state index is 13.3. The maximum Gasteiger partial charge on any atom is 0.133 e. The van der Waals surface area contributed by atoms with Gasteiger partial charge in [-0.1, -0.05) is 32.9 Å². The first-order valence-corrected chi connectivity index (χ1v) is 7.03. The van der Waals surface area contributed by atoms with Crippen molar-refractivity contribution in [1.29, 1.82) is 0 Å². The van der Waals surface area contributed by atoms with E-state index in [4.69, 9.17) is 4.74 Å². The number of halogens is 1. The topological polar surface area (TPSA) is 29.5 Å². The molecule has 0 aromatic heterocycles. The molecule has 2 aromatic carbocycles. The lowest BCUT2D eigenvalue weighted by Gasteiger charge is -2.20. The summed E-state index contributed by atoms with van der Waals surface area (Å²) in [6, 6.07) is 12.0. The van der Waals surface area contributed by atoms with Crippen LogP contribution in [0.3, 0.4) is 0 Å². The second kappa shape index (κ2) is 5.86. The van der Waals surface area contributed by atoms with Crippen molar-refractivity contribution in [3.63, 3.8) is 0 Å². The average molecular weight is 288 g/mol. The summed E-state index contributed by atoms with van der Waals surface area (Å²) in [5.74, 6) is 0.759. The summed E-state index contributed by atoms with van der Waals surface area (Å²) >= 11 is 0. The van der Waals surface area contributed by atoms with E-state index in [-0.39, 0.29) is 11.2 Å². The summed E-state index contributed by atoms with van der Waals surface area (Å²) in [4.78, 5) is 0. The molecular formula is C18H21FO2. The molecule has 2 nitrogen and oxygen atoms in total. The molecule has 0 aliphatic carbocycles. The number of aliphatic hydroxyl groups excluding tert-OH is 1. The van der Waals surface area contributed by atoms with Crippen molar-refractivity contribution in [2.75, 3.05) is 0 Å². The number of hydrogen-bond acceptors (Lipinski definition) is 2. The van der Waals surface area contributed by atoms with E-state index in [1.54, 1.807) is 13.0 Å². The highest BCUT2D eigenvalue weighted by Gasteiger charge is 2.15. The second-order valence-electron chi connectivity index (χ2n) is 6.24. The van der Waals surface area contributed by atoms with E-state index in [0.717, 1.165) is 5.56 Å². The third-order valence-corrected chi connectivity index (χ3v) is 3.35. The van der Waals surface area contributed by atoms with Gasteiger partial charge in [-0.05, 0) is 48.2 Å². The largest absolute Gasteiger partial charge is 0.457 e. The molecule has 0 aliphatic heterocycles. The van der Waals surface area contributed by atoms with E-state index in [0.29, 0.717) is 17.1 Å². The first-order chi connectivity index (χ1) is 9.77. The number of hydrogen-bond donors (Lipinski definition) is 1. The van der Waals surface area contributed by atoms with Crippen LogP contribution in [0, 0.1) is 5.82 Å². The SMILES string of the molecule is C[C@H](O)c1cc(F)ccc1Oc1cccc(C(C)(C)C)c1. The van der Waals surface area contributed by atoms with Crippen molar-refractivity contribution in [3.05, 3.63) is 59.4 Å². The molecule has 0 heterocycles. The van der Waals surface area contributed by atoms with Crippen LogP contribution in [0.5, 0.6) is 11.5 Å². The molecule has 0 radical (unpaired) electrons. The predicted molar refractivity (Wildman–Crippen MR) is 82.2 cm³/mol. The average Bonchev–Trinajstić information content (AvgIpc) is 2.40. The Hall–Kier alpha value is -1.87. The highest BCUT2D eigenvalue weighted by atomic mass is 19.1. The summed E-state index contributed by atoms with van der Waals surface area (Å²) in [6.07, 6.45) is -0.790. The lowest BCUT2D eigenvalue weighted by molar-refractivity contribution is 0.195. The fraction of sp³-hybridized carbons (Fsp3) is 0.333. The summed E-state index contributed by atoms with van der Waals surface area (Å²) in [7, 11) is 0. The van der Waals surface area contributed by atoms with E-state index in [9.17, 15) is 9.50 Å². The standard InChI is InChI=1S/C18H21FO2/c1-12(20)16-11-14(19)8-9-17(16)21-15-7-5-6-13(10-15)18(2,3)4/h5-12,20H,1-4H3/t12-/m0/s1. The van der Waals surface area contributed by atoms with Crippen molar-refractivity contribution < 1.29 is 14.2 Å². The van der Waals surface area contributed by atoms with Gasteiger partial charge in [0.25, 0.3) is 0 Å². The van der Waals surface area contributed by atoms with E-state index >= 15 is 0 Å². The first-order valence-electron chi connectivity index (χ1n) is 7.03.